The third-order valence-corrected chi connectivity index (χ3v) is 3.42. The van der Waals surface area contributed by atoms with Crippen LogP contribution in [0.15, 0.2) is 48.5 Å². The first kappa shape index (κ1) is 18.2. The van der Waals surface area contributed by atoms with Crippen molar-refractivity contribution in [2.24, 2.45) is 0 Å². The van der Waals surface area contributed by atoms with Gasteiger partial charge in [-0.2, -0.15) is 0 Å². The fourth-order valence-corrected chi connectivity index (χ4v) is 2.16. The minimum Gasteiger partial charge on any atom is -0.493 e. The standard InChI is InChI=1S/C19H19NO5/c1-3-11-25-18-10-8-14(12-19(18)24-2)7-9-17(21)15-5-4-6-16(13-15)20(22)23/h4-10,12-13H,3,11H2,1-2H3/b9-7+. The summed E-state index contributed by atoms with van der Waals surface area (Å²) in [5.41, 5.74) is 0.915. The molecule has 25 heavy (non-hydrogen) atoms. The first-order valence-corrected chi connectivity index (χ1v) is 7.83. The van der Waals surface area contributed by atoms with E-state index in [9.17, 15) is 14.9 Å². The summed E-state index contributed by atoms with van der Waals surface area (Å²) in [6.45, 7) is 2.61. The molecule has 0 N–H and O–H groups in total. The molecule has 0 heterocycles. The lowest BCUT2D eigenvalue weighted by Crippen LogP contribution is -1.98. The average molecular weight is 341 g/mol. The van der Waals surface area contributed by atoms with E-state index in [2.05, 4.69) is 0 Å². The Hall–Kier alpha value is -3.15. The number of carbonyl (C=O) groups excluding carboxylic acids is 1. The second-order valence-electron chi connectivity index (χ2n) is 5.26. The molecule has 0 aliphatic heterocycles. The molecule has 0 atom stereocenters. The summed E-state index contributed by atoms with van der Waals surface area (Å²) >= 11 is 0. The van der Waals surface area contributed by atoms with Crippen molar-refractivity contribution in [2.75, 3.05) is 13.7 Å². The van der Waals surface area contributed by atoms with Crippen molar-refractivity contribution >= 4 is 17.5 Å². The lowest BCUT2D eigenvalue weighted by Gasteiger charge is -2.10. The minimum absolute atomic E-state index is 0.113. The number of hydrogen-bond acceptors (Lipinski definition) is 5. The maximum atomic E-state index is 12.2. The Morgan fingerprint density at radius 1 is 1.20 bits per heavy atom. The van der Waals surface area contributed by atoms with E-state index in [1.165, 1.54) is 24.3 Å². The fourth-order valence-electron chi connectivity index (χ4n) is 2.16. The molecule has 130 valence electrons. The summed E-state index contributed by atoms with van der Waals surface area (Å²) in [5, 5.41) is 10.8. The van der Waals surface area contributed by atoms with E-state index in [1.54, 1.807) is 31.4 Å². The molecule has 2 aromatic carbocycles. The van der Waals surface area contributed by atoms with Crippen molar-refractivity contribution in [3.63, 3.8) is 0 Å². The Balaban J connectivity index is 2.16. The number of non-ortho nitro benzene ring substituents is 1. The number of hydrogen-bond donors (Lipinski definition) is 0. The molecule has 6 heteroatoms. The van der Waals surface area contributed by atoms with Gasteiger partial charge in [0, 0.05) is 17.7 Å². The maximum absolute atomic E-state index is 12.2. The van der Waals surface area contributed by atoms with Gasteiger partial charge in [0.15, 0.2) is 17.3 Å². The van der Waals surface area contributed by atoms with Gasteiger partial charge in [-0.05, 0) is 30.2 Å². The topological polar surface area (TPSA) is 78.7 Å². The highest BCUT2D eigenvalue weighted by atomic mass is 16.6. The quantitative estimate of drug-likeness (QED) is 0.310. The van der Waals surface area contributed by atoms with Gasteiger partial charge in [-0.1, -0.05) is 31.2 Å². The number of ketones is 1. The predicted octanol–water partition coefficient (Wildman–Crippen LogP) is 4.29. The zero-order valence-electron chi connectivity index (χ0n) is 14.1. The molecule has 0 fully saturated rings. The van der Waals surface area contributed by atoms with Crippen LogP contribution in [-0.2, 0) is 0 Å². The third-order valence-electron chi connectivity index (χ3n) is 3.42. The van der Waals surface area contributed by atoms with E-state index in [-0.39, 0.29) is 17.0 Å². The largest absolute Gasteiger partial charge is 0.493 e. The number of allylic oxidation sites excluding steroid dienone is 1. The van der Waals surface area contributed by atoms with Crippen LogP contribution in [0.1, 0.15) is 29.3 Å². The van der Waals surface area contributed by atoms with Gasteiger partial charge in [-0.15, -0.1) is 0 Å². The van der Waals surface area contributed by atoms with Gasteiger partial charge in [0.2, 0.25) is 0 Å². The summed E-state index contributed by atoms with van der Waals surface area (Å²) in [7, 11) is 1.55. The predicted molar refractivity (Wildman–Crippen MR) is 95.2 cm³/mol. The average Bonchev–Trinajstić information content (AvgIpc) is 2.64. The van der Waals surface area contributed by atoms with Crippen LogP contribution in [0, 0.1) is 10.1 Å². The van der Waals surface area contributed by atoms with Crippen LogP contribution >= 0.6 is 0 Å². The number of rotatable bonds is 8. The number of methoxy groups -OCH3 is 1. The molecule has 2 aromatic rings. The van der Waals surface area contributed by atoms with Crippen molar-refractivity contribution in [2.45, 2.75) is 13.3 Å². The first-order valence-electron chi connectivity index (χ1n) is 7.83. The van der Waals surface area contributed by atoms with Crippen molar-refractivity contribution in [1.29, 1.82) is 0 Å². The Morgan fingerprint density at radius 3 is 2.68 bits per heavy atom. The highest BCUT2D eigenvalue weighted by molar-refractivity contribution is 6.07. The monoisotopic (exact) mass is 341 g/mol. The zero-order chi connectivity index (χ0) is 18.2. The SMILES string of the molecule is CCCOc1ccc(/C=C/C(=O)c2cccc([N+](=O)[O-])c2)cc1OC. The molecule has 0 saturated heterocycles. The third kappa shape index (κ3) is 4.91. The molecular weight excluding hydrogens is 322 g/mol. The molecule has 6 nitrogen and oxygen atoms in total. The molecule has 0 amide bonds. The van der Waals surface area contributed by atoms with E-state index in [0.29, 0.717) is 18.1 Å². The van der Waals surface area contributed by atoms with E-state index >= 15 is 0 Å². The number of nitro groups is 1. The molecule has 0 radical (unpaired) electrons. The Kier molecular flexibility index (Phi) is 6.28. The number of ether oxygens (including phenoxy) is 2. The maximum Gasteiger partial charge on any atom is 0.270 e. The molecule has 0 unspecified atom stereocenters. The van der Waals surface area contributed by atoms with Crippen molar-refractivity contribution in [1.82, 2.24) is 0 Å². The van der Waals surface area contributed by atoms with Gasteiger partial charge in [0.1, 0.15) is 0 Å². The van der Waals surface area contributed by atoms with Gasteiger partial charge in [0.25, 0.3) is 5.69 Å². The van der Waals surface area contributed by atoms with Crippen molar-refractivity contribution in [3.05, 3.63) is 69.8 Å². The van der Waals surface area contributed by atoms with Crippen LogP contribution in [0.5, 0.6) is 11.5 Å². The van der Waals surface area contributed by atoms with Crippen LogP contribution < -0.4 is 9.47 Å². The van der Waals surface area contributed by atoms with Crippen LogP contribution in [0.2, 0.25) is 0 Å². The summed E-state index contributed by atoms with van der Waals surface area (Å²) < 4.78 is 10.9. The summed E-state index contributed by atoms with van der Waals surface area (Å²) in [6, 6.07) is 11.0. The lowest BCUT2D eigenvalue weighted by molar-refractivity contribution is -0.384. The van der Waals surface area contributed by atoms with E-state index < -0.39 is 4.92 Å². The second-order valence-corrected chi connectivity index (χ2v) is 5.26. The second kappa shape index (κ2) is 8.63. The number of benzene rings is 2. The highest BCUT2D eigenvalue weighted by Crippen LogP contribution is 2.28. The van der Waals surface area contributed by atoms with Crippen LogP contribution in [0.3, 0.4) is 0 Å². The van der Waals surface area contributed by atoms with Gasteiger partial charge in [0.05, 0.1) is 18.6 Å². The lowest BCUT2D eigenvalue weighted by atomic mass is 10.1. The summed E-state index contributed by atoms with van der Waals surface area (Å²) in [5.74, 6) is 0.916. The summed E-state index contributed by atoms with van der Waals surface area (Å²) in [6.07, 6.45) is 3.90. The van der Waals surface area contributed by atoms with Crippen LogP contribution in [-0.4, -0.2) is 24.4 Å². The minimum atomic E-state index is -0.527. The number of nitrogens with zero attached hydrogens (tertiary/aromatic N) is 1. The smallest absolute Gasteiger partial charge is 0.270 e. The summed E-state index contributed by atoms with van der Waals surface area (Å²) in [4.78, 5) is 22.4. The van der Waals surface area contributed by atoms with Crippen LogP contribution in [0.4, 0.5) is 5.69 Å². The molecule has 0 aliphatic carbocycles. The van der Waals surface area contributed by atoms with Crippen molar-refractivity contribution in [3.8, 4) is 11.5 Å². The van der Waals surface area contributed by atoms with E-state index in [4.69, 9.17) is 9.47 Å². The molecule has 2 rings (SSSR count). The normalized spacial score (nSPS) is 10.6. The molecule has 0 aromatic heterocycles. The van der Waals surface area contributed by atoms with E-state index in [1.807, 2.05) is 13.0 Å². The molecule has 0 spiro atoms. The molecule has 0 saturated carbocycles. The highest BCUT2D eigenvalue weighted by Gasteiger charge is 2.09. The van der Waals surface area contributed by atoms with Gasteiger partial charge in [-0.25, -0.2) is 0 Å². The fraction of sp³-hybridized carbons (Fsp3) is 0.211. The van der Waals surface area contributed by atoms with Gasteiger partial charge in [-0.3, -0.25) is 14.9 Å². The van der Waals surface area contributed by atoms with Crippen LogP contribution in [0.25, 0.3) is 6.08 Å². The van der Waals surface area contributed by atoms with E-state index in [0.717, 1.165) is 12.0 Å². The first-order chi connectivity index (χ1) is 12.0. The molecule has 0 bridgehead atoms. The van der Waals surface area contributed by atoms with Gasteiger partial charge < -0.3 is 9.47 Å². The number of nitro benzene ring substituents is 1. The Morgan fingerprint density at radius 2 is 2.00 bits per heavy atom. The van der Waals surface area contributed by atoms with Crippen molar-refractivity contribution < 1.29 is 19.2 Å². The molecule has 0 aliphatic rings. The zero-order valence-corrected chi connectivity index (χ0v) is 14.1. The Labute approximate surface area is 145 Å². The van der Waals surface area contributed by atoms with Gasteiger partial charge >= 0.3 is 0 Å². The Bertz CT molecular complexity index is 798. The number of carbonyl (C=O) groups is 1. The molecular formula is C19H19NO5.